The minimum absolute atomic E-state index is 0.230. The molecule has 2 rings (SSSR count). The number of hydrogen-bond acceptors (Lipinski definition) is 5. The summed E-state index contributed by atoms with van der Waals surface area (Å²) in [6.45, 7) is 4.84. The quantitative estimate of drug-likeness (QED) is 0.901. The fraction of sp³-hybridized carbons (Fsp3) is 0.462. The van der Waals surface area contributed by atoms with E-state index in [1.807, 2.05) is 17.7 Å². The molecule has 0 spiro atoms. The number of aromatic nitrogens is 4. The highest BCUT2D eigenvalue weighted by atomic mass is 79.9. The summed E-state index contributed by atoms with van der Waals surface area (Å²) in [7, 11) is 1.56. The molecule has 0 saturated carbocycles. The van der Waals surface area contributed by atoms with E-state index < -0.39 is 0 Å². The summed E-state index contributed by atoms with van der Waals surface area (Å²) in [4.78, 5) is 0. The van der Waals surface area contributed by atoms with Crippen LogP contribution in [0.2, 0.25) is 0 Å². The van der Waals surface area contributed by atoms with Crippen LogP contribution >= 0.6 is 15.9 Å². The van der Waals surface area contributed by atoms with Gasteiger partial charge in [0.25, 0.3) is 0 Å². The van der Waals surface area contributed by atoms with E-state index in [1.54, 1.807) is 13.2 Å². The molecule has 1 atom stereocenters. The van der Waals surface area contributed by atoms with E-state index in [4.69, 9.17) is 10.5 Å². The molecule has 0 radical (unpaired) electrons. The van der Waals surface area contributed by atoms with Crippen LogP contribution in [0.4, 0.5) is 0 Å². The van der Waals surface area contributed by atoms with Crippen molar-refractivity contribution in [2.24, 2.45) is 5.73 Å². The van der Waals surface area contributed by atoms with Crippen LogP contribution in [0.3, 0.4) is 0 Å². The maximum Gasteiger partial charge on any atom is 0.233 e. The molecule has 0 aromatic carbocycles. The Labute approximate surface area is 126 Å². The van der Waals surface area contributed by atoms with E-state index in [-0.39, 0.29) is 6.04 Å². The molecule has 0 fully saturated rings. The summed E-state index contributed by atoms with van der Waals surface area (Å²) in [6.07, 6.45) is 0.649. The van der Waals surface area contributed by atoms with Gasteiger partial charge in [-0.3, -0.25) is 4.68 Å². The number of ether oxygens (including phenoxy) is 1. The molecule has 0 amide bonds. The van der Waals surface area contributed by atoms with Crippen molar-refractivity contribution in [3.8, 4) is 5.88 Å². The van der Waals surface area contributed by atoms with Crippen LogP contribution < -0.4 is 10.5 Å². The normalized spacial score (nSPS) is 12.4. The van der Waals surface area contributed by atoms with Crippen LogP contribution in [0.1, 0.15) is 30.0 Å². The standard InChI is InChI=1S/C13H18BrN5O/c1-4-19-11(13(14)8(2)18-19)7-9(15)10-5-6-12(20-3)17-16-10/h5-6,9H,4,7,15H2,1-3H3. The topological polar surface area (TPSA) is 78.9 Å². The minimum atomic E-state index is -0.230. The van der Waals surface area contributed by atoms with Gasteiger partial charge in [0.05, 0.1) is 34.7 Å². The number of halogens is 1. The number of rotatable bonds is 5. The lowest BCUT2D eigenvalue weighted by Crippen LogP contribution is -2.18. The predicted octanol–water partition coefficient (Wildman–Crippen LogP) is 2.02. The van der Waals surface area contributed by atoms with Crippen LogP contribution in [-0.2, 0) is 13.0 Å². The number of aryl methyl sites for hydroxylation is 2. The Morgan fingerprint density at radius 1 is 1.40 bits per heavy atom. The van der Waals surface area contributed by atoms with Gasteiger partial charge >= 0.3 is 0 Å². The highest BCUT2D eigenvalue weighted by Crippen LogP contribution is 2.25. The molecule has 0 saturated heterocycles. The molecule has 0 aliphatic rings. The molecule has 2 N–H and O–H groups in total. The van der Waals surface area contributed by atoms with Crippen molar-refractivity contribution in [2.75, 3.05) is 7.11 Å². The Balaban J connectivity index is 2.20. The Bertz CT molecular complexity index is 581. The van der Waals surface area contributed by atoms with Gasteiger partial charge in [0.2, 0.25) is 5.88 Å². The minimum Gasteiger partial charge on any atom is -0.480 e. The van der Waals surface area contributed by atoms with E-state index in [2.05, 4.69) is 38.1 Å². The van der Waals surface area contributed by atoms with Crippen LogP contribution in [0.25, 0.3) is 0 Å². The van der Waals surface area contributed by atoms with Gasteiger partial charge in [-0.2, -0.15) is 10.2 Å². The maximum atomic E-state index is 6.22. The Morgan fingerprint density at radius 3 is 2.70 bits per heavy atom. The summed E-state index contributed by atoms with van der Waals surface area (Å²) >= 11 is 3.57. The summed E-state index contributed by atoms with van der Waals surface area (Å²) < 4.78 is 7.96. The first-order valence-corrected chi connectivity index (χ1v) is 7.21. The Morgan fingerprint density at radius 2 is 2.15 bits per heavy atom. The van der Waals surface area contributed by atoms with Gasteiger partial charge in [0, 0.05) is 19.0 Å². The lowest BCUT2D eigenvalue weighted by molar-refractivity contribution is 0.390. The molecule has 2 aromatic rings. The molecule has 1 unspecified atom stereocenters. The van der Waals surface area contributed by atoms with Gasteiger partial charge in [0.1, 0.15) is 0 Å². The third-order valence-electron chi connectivity index (χ3n) is 3.12. The average Bonchev–Trinajstić information content (AvgIpc) is 2.75. The van der Waals surface area contributed by atoms with Gasteiger partial charge in [-0.05, 0) is 35.8 Å². The van der Waals surface area contributed by atoms with Crippen molar-refractivity contribution in [1.82, 2.24) is 20.0 Å². The Kier molecular flexibility index (Phi) is 4.72. The van der Waals surface area contributed by atoms with E-state index in [0.717, 1.165) is 28.1 Å². The highest BCUT2D eigenvalue weighted by molar-refractivity contribution is 9.10. The Hall–Kier alpha value is -1.47. The maximum absolute atomic E-state index is 6.22. The van der Waals surface area contributed by atoms with Crippen molar-refractivity contribution < 1.29 is 4.74 Å². The first kappa shape index (κ1) is 14.9. The SMILES string of the molecule is CCn1nc(C)c(Br)c1CC(N)c1ccc(OC)nn1. The summed E-state index contributed by atoms with van der Waals surface area (Å²) in [6, 6.07) is 3.37. The lowest BCUT2D eigenvalue weighted by Gasteiger charge is -2.12. The summed E-state index contributed by atoms with van der Waals surface area (Å²) in [5.74, 6) is 0.483. The molecule has 0 aliphatic heterocycles. The van der Waals surface area contributed by atoms with Crippen LogP contribution in [0.15, 0.2) is 16.6 Å². The van der Waals surface area contributed by atoms with Gasteiger partial charge in [-0.25, -0.2) is 0 Å². The molecule has 2 aromatic heterocycles. The third kappa shape index (κ3) is 2.99. The number of nitrogens with two attached hydrogens (primary N) is 1. The van der Waals surface area contributed by atoms with E-state index in [0.29, 0.717) is 12.3 Å². The van der Waals surface area contributed by atoms with Crippen LogP contribution in [-0.4, -0.2) is 27.1 Å². The van der Waals surface area contributed by atoms with Crippen molar-refractivity contribution in [2.45, 2.75) is 32.9 Å². The zero-order chi connectivity index (χ0) is 14.7. The smallest absolute Gasteiger partial charge is 0.233 e. The molecule has 0 bridgehead atoms. The molecule has 6 nitrogen and oxygen atoms in total. The molecule has 20 heavy (non-hydrogen) atoms. The first-order chi connectivity index (χ1) is 9.56. The average molecular weight is 340 g/mol. The predicted molar refractivity (Wildman–Crippen MR) is 79.6 cm³/mol. The second kappa shape index (κ2) is 6.32. The van der Waals surface area contributed by atoms with Crippen LogP contribution in [0.5, 0.6) is 5.88 Å². The fourth-order valence-electron chi connectivity index (χ4n) is 2.01. The molecular weight excluding hydrogens is 322 g/mol. The molecular formula is C13H18BrN5O. The third-order valence-corrected chi connectivity index (χ3v) is 4.15. The first-order valence-electron chi connectivity index (χ1n) is 6.41. The summed E-state index contributed by atoms with van der Waals surface area (Å²) in [5, 5.41) is 12.5. The molecule has 108 valence electrons. The van der Waals surface area contributed by atoms with E-state index in [1.165, 1.54) is 0 Å². The second-order valence-corrected chi connectivity index (χ2v) is 5.27. The number of hydrogen-bond donors (Lipinski definition) is 1. The van der Waals surface area contributed by atoms with Crippen molar-refractivity contribution in [3.05, 3.63) is 33.7 Å². The highest BCUT2D eigenvalue weighted by Gasteiger charge is 2.17. The van der Waals surface area contributed by atoms with E-state index in [9.17, 15) is 0 Å². The number of methoxy groups -OCH3 is 1. The van der Waals surface area contributed by atoms with Crippen molar-refractivity contribution in [1.29, 1.82) is 0 Å². The van der Waals surface area contributed by atoms with Gasteiger partial charge in [-0.15, -0.1) is 5.10 Å². The molecule has 0 aliphatic carbocycles. The lowest BCUT2D eigenvalue weighted by atomic mass is 10.1. The monoisotopic (exact) mass is 339 g/mol. The van der Waals surface area contributed by atoms with Gasteiger partial charge in [0.15, 0.2) is 0 Å². The van der Waals surface area contributed by atoms with Gasteiger partial charge in [-0.1, -0.05) is 0 Å². The van der Waals surface area contributed by atoms with Gasteiger partial charge < -0.3 is 10.5 Å². The largest absolute Gasteiger partial charge is 0.480 e. The molecule has 7 heteroatoms. The number of nitrogens with zero attached hydrogens (tertiary/aromatic N) is 4. The van der Waals surface area contributed by atoms with Crippen molar-refractivity contribution >= 4 is 15.9 Å². The second-order valence-electron chi connectivity index (χ2n) is 4.47. The summed E-state index contributed by atoms with van der Waals surface area (Å²) in [5.41, 5.74) is 9.00. The van der Waals surface area contributed by atoms with E-state index >= 15 is 0 Å². The van der Waals surface area contributed by atoms with Crippen molar-refractivity contribution in [3.63, 3.8) is 0 Å². The molecule has 2 heterocycles. The zero-order valence-corrected chi connectivity index (χ0v) is 13.4. The zero-order valence-electron chi connectivity index (χ0n) is 11.8. The fourth-order valence-corrected chi connectivity index (χ4v) is 2.46. The van der Waals surface area contributed by atoms with Crippen LogP contribution in [0, 0.1) is 6.92 Å².